The third-order valence-corrected chi connectivity index (χ3v) is 6.13. The number of rotatable bonds is 4. The predicted octanol–water partition coefficient (Wildman–Crippen LogP) is 2.79. The number of carbonyl (C=O) groups excluding carboxylic acids is 2. The van der Waals surface area contributed by atoms with E-state index in [2.05, 4.69) is 19.1 Å². The highest BCUT2D eigenvalue weighted by Gasteiger charge is 2.40. The van der Waals surface area contributed by atoms with Gasteiger partial charge < -0.3 is 9.80 Å². The van der Waals surface area contributed by atoms with Crippen LogP contribution in [0.3, 0.4) is 0 Å². The number of anilines is 1. The molecule has 0 aromatic heterocycles. The molecular formula is C20H26N2O2. The van der Waals surface area contributed by atoms with Crippen molar-refractivity contribution in [3.63, 3.8) is 0 Å². The van der Waals surface area contributed by atoms with E-state index in [4.69, 9.17) is 0 Å². The molecule has 0 spiro atoms. The second kappa shape index (κ2) is 5.91. The number of aryl methyl sites for hydroxylation is 2. The summed E-state index contributed by atoms with van der Waals surface area (Å²) in [7, 11) is 1.90. The van der Waals surface area contributed by atoms with Crippen LogP contribution in [0.15, 0.2) is 18.2 Å². The molecule has 1 aromatic carbocycles. The minimum atomic E-state index is -0.197. The van der Waals surface area contributed by atoms with Gasteiger partial charge in [-0.15, -0.1) is 0 Å². The van der Waals surface area contributed by atoms with Crippen LogP contribution >= 0.6 is 0 Å². The van der Waals surface area contributed by atoms with E-state index in [1.807, 2.05) is 22.9 Å². The standard InChI is InChI=1S/C20H26N2O2/c1-13(14-6-7-14)21(2)20(24)17-11-19(23)22(12-17)18-9-8-15-4-3-5-16(15)10-18/h8-10,13-14,17H,3-7,11-12H2,1-2H3/t13-,17+/m0/s1. The first-order valence-electron chi connectivity index (χ1n) is 9.23. The maximum absolute atomic E-state index is 12.8. The number of carbonyl (C=O) groups is 2. The van der Waals surface area contributed by atoms with Crippen LogP contribution in [0.4, 0.5) is 5.69 Å². The molecule has 0 N–H and O–H groups in total. The van der Waals surface area contributed by atoms with Crippen LogP contribution in [0, 0.1) is 11.8 Å². The fraction of sp³-hybridized carbons (Fsp3) is 0.600. The molecule has 3 aliphatic rings. The van der Waals surface area contributed by atoms with Gasteiger partial charge >= 0.3 is 0 Å². The van der Waals surface area contributed by atoms with Gasteiger partial charge in [-0.1, -0.05) is 6.07 Å². The third-order valence-electron chi connectivity index (χ3n) is 6.13. The second-order valence-corrected chi connectivity index (χ2v) is 7.74. The van der Waals surface area contributed by atoms with Gasteiger partial charge in [0.15, 0.2) is 0 Å². The van der Waals surface area contributed by atoms with Crippen molar-refractivity contribution in [3.05, 3.63) is 29.3 Å². The van der Waals surface area contributed by atoms with Crippen molar-refractivity contribution in [2.75, 3.05) is 18.5 Å². The Labute approximate surface area is 143 Å². The zero-order valence-corrected chi connectivity index (χ0v) is 14.6. The van der Waals surface area contributed by atoms with Gasteiger partial charge in [-0.2, -0.15) is 0 Å². The van der Waals surface area contributed by atoms with E-state index in [1.165, 1.54) is 30.4 Å². The first-order valence-corrected chi connectivity index (χ1v) is 9.23. The van der Waals surface area contributed by atoms with Crippen molar-refractivity contribution in [1.82, 2.24) is 4.90 Å². The largest absolute Gasteiger partial charge is 0.342 e. The number of fused-ring (bicyclic) bond motifs is 1. The van der Waals surface area contributed by atoms with Crippen LogP contribution in [0.1, 0.15) is 43.7 Å². The van der Waals surface area contributed by atoms with E-state index < -0.39 is 0 Å². The minimum absolute atomic E-state index is 0.0822. The molecule has 2 fully saturated rings. The molecule has 1 saturated heterocycles. The molecule has 0 unspecified atom stereocenters. The minimum Gasteiger partial charge on any atom is -0.342 e. The Morgan fingerprint density at radius 3 is 2.75 bits per heavy atom. The molecule has 4 rings (SSSR count). The summed E-state index contributed by atoms with van der Waals surface area (Å²) in [5.74, 6) is 0.672. The van der Waals surface area contributed by atoms with Crippen molar-refractivity contribution in [2.45, 2.75) is 51.5 Å². The van der Waals surface area contributed by atoms with Crippen LogP contribution in [-0.2, 0) is 22.4 Å². The molecule has 2 amide bonds. The summed E-state index contributed by atoms with van der Waals surface area (Å²) in [5.41, 5.74) is 3.75. The van der Waals surface area contributed by atoms with E-state index in [-0.39, 0.29) is 17.7 Å². The summed E-state index contributed by atoms with van der Waals surface area (Å²) in [6.07, 6.45) is 6.26. The molecule has 4 nitrogen and oxygen atoms in total. The Morgan fingerprint density at radius 2 is 2.00 bits per heavy atom. The van der Waals surface area contributed by atoms with Gasteiger partial charge in [-0.3, -0.25) is 9.59 Å². The molecule has 2 atom stereocenters. The number of hydrogen-bond acceptors (Lipinski definition) is 2. The third kappa shape index (κ3) is 2.72. The SMILES string of the molecule is C[C@@H](C1CC1)N(C)C(=O)[C@@H]1CC(=O)N(c2ccc3c(c2)CCC3)C1. The molecule has 2 aliphatic carbocycles. The topological polar surface area (TPSA) is 40.6 Å². The summed E-state index contributed by atoms with van der Waals surface area (Å²) in [5, 5.41) is 0. The maximum Gasteiger partial charge on any atom is 0.228 e. The summed E-state index contributed by atoms with van der Waals surface area (Å²) < 4.78 is 0. The van der Waals surface area contributed by atoms with Crippen molar-refractivity contribution < 1.29 is 9.59 Å². The van der Waals surface area contributed by atoms with E-state index >= 15 is 0 Å². The molecule has 1 aliphatic heterocycles. The predicted molar refractivity (Wildman–Crippen MR) is 93.9 cm³/mol. The Bertz CT molecular complexity index is 680. The summed E-state index contributed by atoms with van der Waals surface area (Å²) in [6, 6.07) is 6.65. The van der Waals surface area contributed by atoms with Gasteiger partial charge in [0, 0.05) is 31.7 Å². The van der Waals surface area contributed by atoms with E-state index in [0.717, 1.165) is 18.5 Å². The number of benzene rings is 1. The molecule has 0 radical (unpaired) electrons. The van der Waals surface area contributed by atoms with Gasteiger partial charge in [0.05, 0.1) is 5.92 Å². The van der Waals surface area contributed by atoms with Crippen LogP contribution < -0.4 is 4.90 Å². The molecule has 0 bridgehead atoms. The van der Waals surface area contributed by atoms with E-state index in [1.54, 1.807) is 0 Å². The summed E-state index contributed by atoms with van der Waals surface area (Å²) >= 11 is 0. The molecule has 24 heavy (non-hydrogen) atoms. The number of nitrogens with zero attached hydrogens (tertiary/aromatic N) is 2. The summed E-state index contributed by atoms with van der Waals surface area (Å²) in [4.78, 5) is 29.0. The fourth-order valence-corrected chi connectivity index (χ4v) is 4.23. The first kappa shape index (κ1) is 15.7. The Morgan fingerprint density at radius 1 is 1.25 bits per heavy atom. The summed E-state index contributed by atoms with van der Waals surface area (Å²) in [6.45, 7) is 2.66. The highest BCUT2D eigenvalue weighted by atomic mass is 16.2. The van der Waals surface area contributed by atoms with Gasteiger partial charge in [-0.05, 0) is 68.2 Å². The van der Waals surface area contributed by atoms with Crippen molar-refractivity contribution in [2.24, 2.45) is 11.8 Å². The van der Waals surface area contributed by atoms with Gasteiger partial charge in [0.2, 0.25) is 11.8 Å². The van der Waals surface area contributed by atoms with Gasteiger partial charge in [0.1, 0.15) is 0 Å². The van der Waals surface area contributed by atoms with E-state index in [0.29, 0.717) is 24.9 Å². The molecule has 4 heteroatoms. The zero-order valence-electron chi connectivity index (χ0n) is 14.6. The van der Waals surface area contributed by atoms with Crippen molar-refractivity contribution in [3.8, 4) is 0 Å². The highest BCUT2D eigenvalue weighted by Crippen LogP contribution is 2.36. The smallest absolute Gasteiger partial charge is 0.228 e. The highest BCUT2D eigenvalue weighted by molar-refractivity contribution is 6.00. The van der Waals surface area contributed by atoms with Crippen LogP contribution in [0.25, 0.3) is 0 Å². The quantitative estimate of drug-likeness (QED) is 0.854. The lowest BCUT2D eigenvalue weighted by molar-refractivity contribution is -0.136. The van der Waals surface area contributed by atoms with Crippen LogP contribution in [-0.4, -0.2) is 36.3 Å². The number of hydrogen-bond donors (Lipinski definition) is 0. The first-order chi connectivity index (χ1) is 11.5. The maximum atomic E-state index is 12.8. The second-order valence-electron chi connectivity index (χ2n) is 7.74. The molecule has 1 aromatic rings. The Hall–Kier alpha value is -1.84. The van der Waals surface area contributed by atoms with Crippen LogP contribution in [0.5, 0.6) is 0 Å². The Kier molecular flexibility index (Phi) is 3.86. The normalized spacial score (nSPS) is 24.2. The lowest BCUT2D eigenvalue weighted by Gasteiger charge is -2.27. The molecular weight excluding hydrogens is 300 g/mol. The Balaban J connectivity index is 1.47. The van der Waals surface area contributed by atoms with Gasteiger partial charge in [-0.25, -0.2) is 0 Å². The van der Waals surface area contributed by atoms with Crippen molar-refractivity contribution >= 4 is 17.5 Å². The molecule has 1 heterocycles. The molecule has 1 saturated carbocycles. The molecule has 128 valence electrons. The number of amides is 2. The van der Waals surface area contributed by atoms with Crippen LogP contribution in [0.2, 0.25) is 0 Å². The lowest BCUT2D eigenvalue weighted by atomic mass is 10.1. The monoisotopic (exact) mass is 326 g/mol. The zero-order chi connectivity index (χ0) is 16.8. The van der Waals surface area contributed by atoms with E-state index in [9.17, 15) is 9.59 Å². The average Bonchev–Trinajstić information content (AvgIpc) is 3.20. The fourth-order valence-electron chi connectivity index (χ4n) is 4.23. The van der Waals surface area contributed by atoms with Crippen molar-refractivity contribution in [1.29, 1.82) is 0 Å². The average molecular weight is 326 g/mol. The van der Waals surface area contributed by atoms with Gasteiger partial charge in [0.25, 0.3) is 0 Å². The lowest BCUT2D eigenvalue weighted by Crippen LogP contribution is -2.41.